The van der Waals surface area contributed by atoms with Crippen LogP contribution < -0.4 is 0 Å². The standard InChI is InChI=1S/C35H34N4O5/c1-7-42-31(40)24(3)29(43-32(41)44-33(4,5)6)23(2)27-18-28(25-14-10-8-11-15-25)35(21-38,22-39)30(34(27,19-36)20-37)26-16-12-9-13-17-26/h8-17,27-30H,2-3,7,18H2,1,4-6H3/t27-,28+,29?,30+/m1/s1. The predicted octanol–water partition coefficient (Wildman–Crippen LogP) is 6.64. The van der Waals surface area contributed by atoms with Gasteiger partial charge in [0.2, 0.25) is 0 Å². The Bertz CT molecular complexity index is 1550. The number of rotatable bonds is 8. The molecule has 0 amide bonds. The monoisotopic (exact) mass is 590 g/mol. The summed E-state index contributed by atoms with van der Waals surface area (Å²) in [5.74, 6) is -4.08. The zero-order valence-electron chi connectivity index (χ0n) is 25.2. The molecular weight excluding hydrogens is 556 g/mol. The SMILES string of the molecule is C=C(C(=O)OCC)C(OC(=O)OC(C)(C)C)C(=C)[C@H]1C[C@@H](c2ccccc2)C(C#N)(C#N)[C@@H](c2ccccc2)C1(C#N)C#N. The zero-order chi connectivity index (χ0) is 32.7. The van der Waals surface area contributed by atoms with Gasteiger partial charge in [-0.1, -0.05) is 73.8 Å². The van der Waals surface area contributed by atoms with Crippen LogP contribution in [0, 0.1) is 62.1 Å². The van der Waals surface area contributed by atoms with Crippen molar-refractivity contribution in [1.82, 2.24) is 0 Å². The summed E-state index contributed by atoms with van der Waals surface area (Å²) in [5.41, 5.74) is -4.12. The lowest BCUT2D eigenvalue weighted by atomic mass is 9.45. The Morgan fingerprint density at radius 1 is 0.886 bits per heavy atom. The Hall–Kier alpha value is -5.38. The van der Waals surface area contributed by atoms with E-state index >= 15 is 0 Å². The largest absolute Gasteiger partial charge is 0.509 e. The van der Waals surface area contributed by atoms with E-state index in [1.807, 2.05) is 0 Å². The molecule has 1 aliphatic rings. The smallest absolute Gasteiger partial charge is 0.463 e. The molecule has 4 atom stereocenters. The highest BCUT2D eigenvalue weighted by atomic mass is 16.7. The maximum atomic E-state index is 12.9. The second-order valence-corrected chi connectivity index (χ2v) is 11.6. The van der Waals surface area contributed by atoms with E-state index in [0.717, 1.165) is 0 Å². The number of nitrogens with zero attached hydrogens (tertiary/aromatic N) is 4. The molecule has 0 bridgehead atoms. The Morgan fingerprint density at radius 2 is 1.39 bits per heavy atom. The van der Waals surface area contributed by atoms with Crippen molar-refractivity contribution in [2.75, 3.05) is 6.61 Å². The summed E-state index contributed by atoms with van der Waals surface area (Å²) in [4.78, 5) is 25.8. The van der Waals surface area contributed by atoms with Crippen LogP contribution in [0.2, 0.25) is 0 Å². The Morgan fingerprint density at radius 3 is 1.84 bits per heavy atom. The molecule has 9 nitrogen and oxygen atoms in total. The lowest BCUT2D eigenvalue weighted by Crippen LogP contribution is -2.53. The first-order valence-corrected chi connectivity index (χ1v) is 14.0. The molecule has 1 aliphatic carbocycles. The number of hydrogen-bond acceptors (Lipinski definition) is 9. The van der Waals surface area contributed by atoms with Crippen LogP contribution >= 0.6 is 0 Å². The normalized spacial score (nSPS) is 20.6. The fourth-order valence-electron chi connectivity index (χ4n) is 5.94. The fourth-order valence-corrected chi connectivity index (χ4v) is 5.94. The molecular formula is C35H34N4O5. The maximum absolute atomic E-state index is 12.9. The van der Waals surface area contributed by atoms with E-state index in [0.29, 0.717) is 11.1 Å². The molecule has 2 aromatic rings. The van der Waals surface area contributed by atoms with Gasteiger partial charge in [0, 0.05) is 17.8 Å². The third-order valence-electron chi connectivity index (χ3n) is 7.80. The molecule has 3 rings (SSSR count). The van der Waals surface area contributed by atoms with E-state index in [2.05, 4.69) is 37.4 Å². The molecule has 224 valence electrons. The van der Waals surface area contributed by atoms with Crippen molar-refractivity contribution in [3.63, 3.8) is 0 Å². The lowest BCUT2D eigenvalue weighted by molar-refractivity contribution is -0.139. The molecule has 2 aromatic carbocycles. The minimum Gasteiger partial charge on any atom is -0.463 e. The van der Waals surface area contributed by atoms with Gasteiger partial charge in [0.1, 0.15) is 5.60 Å². The number of carbonyl (C=O) groups is 2. The van der Waals surface area contributed by atoms with Crippen LogP contribution in [0.25, 0.3) is 0 Å². The Kier molecular flexibility index (Phi) is 10.0. The van der Waals surface area contributed by atoms with Crippen molar-refractivity contribution in [2.45, 2.75) is 57.7 Å². The maximum Gasteiger partial charge on any atom is 0.509 e. The van der Waals surface area contributed by atoms with Crippen LogP contribution in [-0.2, 0) is 19.0 Å². The second-order valence-electron chi connectivity index (χ2n) is 11.6. The van der Waals surface area contributed by atoms with Crippen molar-refractivity contribution in [1.29, 1.82) is 21.0 Å². The van der Waals surface area contributed by atoms with Gasteiger partial charge in [0.25, 0.3) is 0 Å². The summed E-state index contributed by atoms with van der Waals surface area (Å²) < 4.78 is 16.1. The average molecular weight is 591 g/mol. The summed E-state index contributed by atoms with van der Waals surface area (Å²) in [5, 5.41) is 43.2. The number of carbonyl (C=O) groups excluding carboxylic acids is 2. The topological polar surface area (TPSA) is 157 Å². The molecule has 9 heteroatoms. The summed E-state index contributed by atoms with van der Waals surface area (Å²) in [6.45, 7) is 14.5. The van der Waals surface area contributed by atoms with Crippen molar-refractivity contribution in [2.24, 2.45) is 16.7 Å². The van der Waals surface area contributed by atoms with Gasteiger partial charge in [-0.05, 0) is 50.8 Å². The second kappa shape index (κ2) is 13.3. The summed E-state index contributed by atoms with van der Waals surface area (Å²) >= 11 is 0. The molecule has 0 radical (unpaired) electrons. The van der Waals surface area contributed by atoms with E-state index < -0.39 is 52.4 Å². The number of benzene rings is 2. The van der Waals surface area contributed by atoms with Crippen molar-refractivity contribution >= 4 is 12.1 Å². The van der Waals surface area contributed by atoms with Crippen LogP contribution in [0.4, 0.5) is 4.79 Å². The number of hydrogen-bond donors (Lipinski definition) is 0. The fraction of sp³-hybridized carbons (Fsp3) is 0.371. The van der Waals surface area contributed by atoms with Gasteiger partial charge in [-0.2, -0.15) is 21.0 Å². The minimum absolute atomic E-state index is 0.00311. The number of ether oxygens (including phenoxy) is 3. The molecule has 0 N–H and O–H groups in total. The van der Waals surface area contributed by atoms with Gasteiger partial charge in [-0.15, -0.1) is 0 Å². The van der Waals surface area contributed by atoms with Crippen LogP contribution in [0.15, 0.2) is 85.0 Å². The van der Waals surface area contributed by atoms with Crippen molar-refractivity contribution in [3.8, 4) is 24.3 Å². The Balaban J connectivity index is 2.33. The zero-order valence-corrected chi connectivity index (χ0v) is 25.2. The summed E-state index contributed by atoms with van der Waals surface area (Å²) in [7, 11) is 0. The molecule has 1 fully saturated rings. The molecule has 44 heavy (non-hydrogen) atoms. The highest BCUT2D eigenvalue weighted by molar-refractivity contribution is 5.90. The predicted molar refractivity (Wildman–Crippen MR) is 160 cm³/mol. The molecule has 1 unspecified atom stereocenters. The highest BCUT2D eigenvalue weighted by Gasteiger charge is 2.66. The molecule has 1 saturated carbocycles. The van der Waals surface area contributed by atoms with Gasteiger partial charge < -0.3 is 14.2 Å². The average Bonchev–Trinajstić information content (AvgIpc) is 3.01. The van der Waals surface area contributed by atoms with Crippen LogP contribution in [0.1, 0.15) is 57.1 Å². The van der Waals surface area contributed by atoms with E-state index in [9.17, 15) is 30.6 Å². The molecule has 0 aliphatic heterocycles. The highest BCUT2D eigenvalue weighted by Crippen LogP contribution is 2.65. The first-order chi connectivity index (χ1) is 20.8. The van der Waals surface area contributed by atoms with Crippen LogP contribution in [-0.4, -0.2) is 30.4 Å². The molecule has 0 saturated heterocycles. The number of esters is 1. The molecule has 0 heterocycles. The Labute approximate surface area is 258 Å². The van der Waals surface area contributed by atoms with Gasteiger partial charge in [0.15, 0.2) is 16.9 Å². The summed E-state index contributed by atoms with van der Waals surface area (Å²) in [6.07, 6.45) is -2.77. The van der Waals surface area contributed by atoms with E-state index in [1.165, 1.54) is 0 Å². The minimum atomic E-state index is -2.07. The quantitative estimate of drug-likeness (QED) is 0.187. The van der Waals surface area contributed by atoms with E-state index in [4.69, 9.17) is 14.2 Å². The molecule has 0 spiro atoms. The van der Waals surface area contributed by atoms with Crippen molar-refractivity contribution < 1.29 is 23.8 Å². The number of nitriles is 4. The van der Waals surface area contributed by atoms with Crippen LogP contribution in [0.3, 0.4) is 0 Å². The van der Waals surface area contributed by atoms with Gasteiger partial charge >= 0.3 is 12.1 Å². The lowest BCUT2D eigenvalue weighted by Gasteiger charge is -2.51. The van der Waals surface area contributed by atoms with Crippen molar-refractivity contribution in [3.05, 3.63) is 96.1 Å². The van der Waals surface area contributed by atoms with Crippen LogP contribution in [0.5, 0.6) is 0 Å². The van der Waals surface area contributed by atoms with Gasteiger partial charge in [-0.3, -0.25) is 0 Å². The molecule has 0 aromatic heterocycles. The van der Waals surface area contributed by atoms with Gasteiger partial charge in [0.05, 0.1) is 36.5 Å². The first kappa shape index (κ1) is 33.1. The first-order valence-electron chi connectivity index (χ1n) is 14.0. The van der Waals surface area contributed by atoms with Gasteiger partial charge in [-0.25, -0.2) is 9.59 Å². The van der Waals surface area contributed by atoms with E-state index in [-0.39, 0.29) is 24.2 Å². The third-order valence-corrected chi connectivity index (χ3v) is 7.80. The third kappa shape index (κ3) is 6.19. The summed E-state index contributed by atoms with van der Waals surface area (Å²) in [6, 6.07) is 26.0. The van der Waals surface area contributed by atoms with E-state index in [1.54, 1.807) is 88.4 Å².